The van der Waals surface area contributed by atoms with E-state index in [0.29, 0.717) is 0 Å². The Morgan fingerprint density at radius 3 is 2.52 bits per heavy atom. The van der Waals surface area contributed by atoms with E-state index >= 15 is 0 Å². The Morgan fingerprint density at radius 1 is 1.10 bits per heavy atom. The van der Waals surface area contributed by atoms with Crippen LogP contribution in [-0.2, 0) is 0 Å². The number of hydrogen-bond acceptors (Lipinski definition) is 5. The zero-order chi connectivity index (χ0) is 14.7. The quantitative estimate of drug-likeness (QED) is 0.936. The maximum absolute atomic E-state index is 9.55. The number of rotatable bonds is 3. The topological polar surface area (TPSA) is 58.5 Å². The molecule has 110 valence electrons. The predicted octanol–water partition coefficient (Wildman–Crippen LogP) is 2.11. The van der Waals surface area contributed by atoms with Crippen molar-refractivity contribution in [2.24, 2.45) is 0 Å². The summed E-state index contributed by atoms with van der Waals surface area (Å²) in [5, 5.41) is 18.2. The minimum absolute atomic E-state index is 0.179. The van der Waals surface area contributed by atoms with Crippen molar-refractivity contribution < 1.29 is 9.84 Å². The van der Waals surface area contributed by atoms with Crippen LogP contribution in [0, 0.1) is 0 Å². The van der Waals surface area contributed by atoms with Crippen molar-refractivity contribution in [3.8, 4) is 17.0 Å². The Balaban J connectivity index is 1.81. The monoisotopic (exact) mass is 285 g/mol. The van der Waals surface area contributed by atoms with E-state index in [1.807, 2.05) is 36.4 Å². The highest BCUT2D eigenvalue weighted by Gasteiger charge is 2.18. The molecule has 2 heterocycles. The summed E-state index contributed by atoms with van der Waals surface area (Å²) < 4.78 is 5.35. The van der Waals surface area contributed by atoms with Crippen LogP contribution in [0.15, 0.2) is 36.4 Å². The van der Waals surface area contributed by atoms with Gasteiger partial charge in [-0.3, -0.25) is 0 Å². The number of aromatic nitrogens is 2. The second-order valence-electron chi connectivity index (χ2n) is 5.20. The van der Waals surface area contributed by atoms with Crippen molar-refractivity contribution in [1.29, 1.82) is 0 Å². The zero-order valence-electron chi connectivity index (χ0n) is 12.1. The lowest BCUT2D eigenvalue weighted by Crippen LogP contribution is -2.36. The molecule has 0 bridgehead atoms. The molecule has 5 heteroatoms. The van der Waals surface area contributed by atoms with Gasteiger partial charge in [0.05, 0.1) is 18.9 Å². The summed E-state index contributed by atoms with van der Waals surface area (Å²) in [6, 6.07) is 11.7. The molecule has 0 amide bonds. The number of para-hydroxylation sites is 1. The SMILES string of the molecule is COc1ccccc1-c1ccc(N2CCC(O)CC2)nn1. The van der Waals surface area contributed by atoms with Crippen LogP contribution in [0.2, 0.25) is 0 Å². The van der Waals surface area contributed by atoms with Crippen LogP contribution in [0.4, 0.5) is 5.82 Å². The number of nitrogens with zero attached hydrogens (tertiary/aromatic N) is 3. The molecular weight excluding hydrogens is 266 g/mol. The lowest BCUT2D eigenvalue weighted by Gasteiger charge is -2.30. The minimum atomic E-state index is -0.179. The lowest BCUT2D eigenvalue weighted by atomic mass is 10.1. The number of anilines is 1. The average Bonchev–Trinajstić information content (AvgIpc) is 2.56. The van der Waals surface area contributed by atoms with Gasteiger partial charge in [0.15, 0.2) is 5.82 Å². The van der Waals surface area contributed by atoms with Crippen LogP contribution in [0.1, 0.15) is 12.8 Å². The van der Waals surface area contributed by atoms with Crippen LogP contribution < -0.4 is 9.64 Å². The maximum atomic E-state index is 9.55. The van der Waals surface area contributed by atoms with Crippen molar-refractivity contribution in [2.75, 3.05) is 25.1 Å². The Hall–Kier alpha value is -2.14. The van der Waals surface area contributed by atoms with Gasteiger partial charge in [0, 0.05) is 18.7 Å². The van der Waals surface area contributed by atoms with Gasteiger partial charge in [-0.25, -0.2) is 0 Å². The number of hydrogen-bond donors (Lipinski definition) is 1. The summed E-state index contributed by atoms with van der Waals surface area (Å²) in [7, 11) is 1.65. The summed E-state index contributed by atoms with van der Waals surface area (Å²) in [5.74, 6) is 1.65. The van der Waals surface area contributed by atoms with Crippen molar-refractivity contribution in [1.82, 2.24) is 10.2 Å². The van der Waals surface area contributed by atoms with E-state index in [1.165, 1.54) is 0 Å². The first-order chi connectivity index (χ1) is 10.3. The van der Waals surface area contributed by atoms with Crippen LogP contribution in [-0.4, -0.2) is 41.6 Å². The molecule has 0 atom stereocenters. The highest BCUT2D eigenvalue weighted by atomic mass is 16.5. The Bertz CT molecular complexity index is 593. The van der Waals surface area contributed by atoms with E-state index in [4.69, 9.17) is 4.74 Å². The lowest BCUT2D eigenvalue weighted by molar-refractivity contribution is 0.145. The van der Waals surface area contributed by atoms with Gasteiger partial charge in [0.25, 0.3) is 0 Å². The van der Waals surface area contributed by atoms with Gasteiger partial charge in [-0.2, -0.15) is 0 Å². The summed E-state index contributed by atoms with van der Waals surface area (Å²) in [6.07, 6.45) is 1.40. The highest BCUT2D eigenvalue weighted by Crippen LogP contribution is 2.28. The fraction of sp³-hybridized carbons (Fsp3) is 0.375. The number of piperidine rings is 1. The van der Waals surface area contributed by atoms with E-state index in [2.05, 4.69) is 15.1 Å². The number of aliphatic hydroxyl groups excluding tert-OH is 1. The van der Waals surface area contributed by atoms with Crippen LogP contribution in [0.5, 0.6) is 5.75 Å². The van der Waals surface area contributed by atoms with Gasteiger partial charge >= 0.3 is 0 Å². The molecular formula is C16H19N3O2. The first kappa shape index (κ1) is 13.8. The Morgan fingerprint density at radius 2 is 1.86 bits per heavy atom. The second kappa shape index (κ2) is 6.10. The molecule has 1 N–H and O–H groups in total. The first-order valence-corrected chi connectivity index (χ1v) is 7.18. The number of ether oxygens (including phenoxy) is 1. The third kappa shape index (κ3) is 2.97. The minimum Gasteiger partial charge on any atom is -0.496 e. The third-order valence-corrected chi connectivity index (χ3v) is 3.82. The molecule has 0 saturated carbocycles. The van der Waals surface area contributed by atoms with Crippen LogP contribution >= 0.6 is 0 Å². The van der Waals surface area contributed by atoms with E-state index in [-0.39, 0.29) is 6.10 Å². The summed E-state index contributed by atoms with van der Waals surface area (Å²) in [5.41, 5.74) is 1.74. The van der Waals surface area contributed by atoms with Gasteiger partial charge < -0.3 is 14.7 Å². The number of benzene rings is 1. The Kier molecular flexibility index (Phi) is 4.01. The van der Waals surface area contributed by atoms with Crippen molar-refractivity contribution in [3.05, 3.63) is 36.4 Å². The molecule has 1 aromatic carbocycles. The summed E-state index contributed by atoms with van der Waals surface area (Å²) in [4.78, 5) is 2.16. The molecule has 0 unspecified atom stereocenters. The molecule has 0 radical (unpaired) electrons. The van der Waals surface area contributed by atoms with Gasteiger partial charge in [0.1, 0.15) is 5.75 Å². The predicted molar refractivity (Wildman–Crippen MR) is 81.5 cm³/mol. The Labute approximate surface area is 124 Å². The normalized spacial score (nSPS) is 16.0. The van der Waals surface area contributed by atoms with E-state index in [9.17, 15) is 5.11 Å². The zero-order valence-corrected chi connectivity index (χ0v) is 12.1. The first-order valence-electron chi connectivity index (χ1n) is 7.18. The molecule has 1 aliphatic rings. The molecule has 1 fully saturated rings. The molecule has 3 rings (SSSR count). The molecule has 0 spiro atoms. The van der Waals surface area contributed by atoms with Gasteiger partial charge in [-0.05, 0) is 37.1 Å². The molecule has 21 heavy (non-hydrogen) atoms. The molecule has 1 aliphatic heterocycles. The summed E-state index contributed by atoms with van der Waals surface area (Å²) >= 11 is 0. The van der Waals surface area contributed by atoms with Crippen molar-refractivity contribution in [3.63, 3.8) is 0 Å². The van der Waals surface area contributed by atoms with Crippen LogP contribution in [0.25, 0.3) is 11.3 Å². The number of methoxy groups -OCH3 is 1. The average molecular weight is 285 g/mol. The van der Waals surface area contributed by atoms with Gasteiger partial charge in [0.2, 0.25) is 0 Å². The van der Waals surface area contributed by atoms with E-state index in [1.54, 1.807) is 7.11 Å². The molecule has 2 aromatic rings. The second-order valence-corrected chi connectivity index (χ2v) is 5.20. The van der Waals surface area contributed by atoms with E-state index < -0.39 is 0 Å². The largest absolute Gasteiger partial charge is 0.496 e. The van der Waals surface area contributed by atoms with E-state index in [0.717, 1.165) is 48.8 Å². The maximum Gasteiger partial charge on any atom is 0.151 e. The van der Waals surface area contributed by atoms with Crippen LogP contribution in [0.3, 0.4) is 0 Å². The fourth-order valence-electron chi connectivity index (χ4n) is 2.59. The third-order valence-electron chi connectivity index (χ3n) is 3.82. The van der Waals surface area contributed by atoms with Gasteiger partial charge in [-0.1, -0.05) is 12.1 Å². The standard InChI is InChI=1S/C16H19N3O2/c1-21-15-5-3-2-4-13(15)14-6-7-16(18-17-14)19-10-8-12(20)9-11-19/h2-7,12,20H,8-11H2,1H3. The smallest absolute Gasteiger partial charge is 0.151 e. The number of aliphatic hydroxyl groups is 1. The highest BCUT2D eigenvalue weighted by molar-refractivity contribution is 5.67. The molecule has 5 nitrogen and oxygen atoms in total. The fourth-order valence-corrected chi connectivity index (χ4v) is 2.59. The van der Waals surface area contributed by atoms with Gasteiger partial charge in [-0.15, -0.1) is 10.2 Å². The molecule has 1 saturated heterocycles. The summed E-state index contributed by atoms with van der Waals surface area (Å²) in [6.45, 7) is 1.65. The van der Waals surface area contributed by atoms with Crippen molar-refractivity contribution >= 4 is 5.82 Å². The molecule has 1 aromatic heterocycles. The molecule has 0 aliphatic carbocycles. The van der Waals surface area contributed by atoms with Crippen molar-refractivity contribution in [2.45, 2.75) is 18.9 Å².